The van der Waals surface area contributed by atoms with Gasteiger partial charge >= 0.3 is 0 Å². The maximum atomic E-state index is 10.5. The van der Waals surface area contributed by atoms with Gasteiger partial charge in [-0.3, -0.25) is 4.79 Å². The third-order valence-electron chi connectivity index (χ3n) is 0.968. The number of primary amides is 1. The van der Waals surface area contributed by atoms with Crippen LogP contribution < -0.4 is 5.73 Å². The molecule has 6 heteroatoms. The smallest absolute Gasteiger partial charge is 0.273 e. The molecule has 5 nitrogen and oxygen atoms in total. The summed E-state index contributed by atoms with van der Waals surface area (Å²) in [6.07, 6.45) is 1.49. The molecule has 0 unspecified atom stereocenters. The van der Waals surface area contributed by atoms with E-state index in [0.29, 0.717) is 5.01 Å². The number of nitrogens with zero attached hydrogens (tertiary/aromatic N) is 2. The number of oxime groups is 1. The van der Waals surface area contributed by atoms with Crippen molar-refractivity contribution in [3.8, 4) is 0 Å². The predicted octanol–water partition coefficient (Wildman–Crippen LogP) is -0.193. The first-order chi connectivity index (χ1) is 5.25. The summed E-state index contributed by atoms with van der Waals surface area (Å²) in [4.78, 5) is 14.3. The van der Waals surface area contributed by atoms with Crippen LogP contribution in [0.4, 0.5) is 0 Å². The van der Waals surface area contributed by atoms with E-state index >= 15 is 0 Å². The number of carbonyl (C=O) groups is 1. The second-order valence-electron chi connectivity index (χ2n) is 1.65. The molecule has 1 aromatic rings. The largest absolute Gasteiger partial charge is 0.410 e. The molecular weight excluding hydrogens is 166 g/mol. The molecule has 0 aromatic carbocycles. The number of carbonyl (C=O) groups excluding carboxylic acids is 1. The molecule has 0 saturated carbocycles. The van der Waals surface area contributed by atoms with Crippen molar-refractivity contribution in [2.45, 2.75) is 0 Å². The molecule has 0 radical (unpaired) electrons. The maximum absolute atomic E-state index is 10.5. The molecule has 0 bridgehead atoms. The molecule has 11 heavy (non-hydrogen) atoms. The summed E-state index contributed by atoms with van der Waals surface area (Å²) < 4.78 is 0. The quantitative estimate of drug-likeness (QED) is 0.367. The van der Waals surface area contributed by atoms with Gasteiger partial charge in [0, 0.05) is 11.6 Å². The Labute approximate surface area is 66.2 Å². The molecule has 1 rings (SSSR count). The van der Waals surface area contributed by atoms with E-state index in [2.05, 4.69) is 10.1 Å². The van der Waals surface area contributed by atoms with Crippen LogP contribution in [0, 0.1) is 0 Å². The molecule has 3 N–H and O–H groups in total. The van der Waals surface area contributed by atoms with Gasteiger partial charge in [0.05, 0.1) is 0 Å². The zero-order valence-corrected chi connectivity index (χ0v) is 6.21. The first kappa shape index (κ1) is 7.67. The van der Waals surface area contributed by atoms with Crippen LogP contribution in [0.1, 0.15) is 5.01 Å². The second-order valence-corrected chi connectivity index (χ2v) is 2.54. The lowest BCUT2D eigenvalue weighted by atomic mass is 10.4. The lowest BCUT2D eigenvalue weighted by molar-refractivity contribution is -0.112. The lowest BCUT2D eigenvalue weighted by Crippen LogP contribution is -2.23. The second kappa shape index (κ2) is 3.11. The molecule has 0 saturated heterocycles. The monoisotopic (exact) mass is 171 g/mol. The Bertz CT molecular complexity index is 280. The Morgan fingerprint density at radius 1 is 1.82 bits per heavy atom. The van der Waals surface area contributed by atoms with Gasteiger partial charge in [-0.05, 0) is 0 Å². The summed E-state index contributed by atoms with van der Waals surface area (Å²) in [7, 11) is 0. The lowest BCUT2D eigenvalue weighted by Gasteiger charge is -1.91. The van der Waals surface area contributed by atoms with Crippen LogP contribution in [0.3, 0.4) is 0 Å². The molecule has 0 fully saturated rings. The fourth-order valence-electron chi connectivity index (χ4n) is 0.538. The molecule has 1 aromatic heterocycles. The average molecular weight is 171 g/mol. The number of amides is 1. The molecule has 1 heterocycles. The van der Waals surface area contributed by atoms with Gasteiger partial charge in [0.25, 0.3) is 5.91 Å². The van der Waals surface area contributed by atoms with Crippen molar-refractivity contribution in [2.24, 2.45) is 10.9 Å². The van der Waals surface area contributed by atoms with Gasteiger partial charge in [-0.25, -0.2) is 4.98 Å². The summed E-state index contributed by atoms with van der Waals surface area (Å²) in [6.45, 7) is 0. The maximum Gasteiger partial charge on any atom is 0.273 e. The van der Waals surface area contributed by atoms with Crippen LogP contribution in [0.15, 0.2) is 16.7 Å². The van der Waals surface area contributed by atoms with Gasteiger partial charge < -0.3 is 10.9 Å². The van der Waals surface area contributed by atoms with E-state index in [-0.39, 0.29) is 5.71 Å². The minimum atomic E-state index is -0.789. The van der Waals surface area contributed by atoms with Gasteiger partial charge in [-0.2, -0.15) is 0 Å². The Kier molecular flexibility index (Phi) is 2.17. The summed E-state index contributed by atoms with van der Waals surface area (Å²) in [5.74, 6) is -0.789. The van der Waals surface area contributed by atoms with Gasteiger partial charge in [-0.1, -0.05) is 5.16 Å². The van der Waals surface area contributed by atoms with Gasteiger partial charge in [-0.15, -0.1) is 11.3 Å². The van der Waals surface area contributed by atoms with E-state index < -0.39 is 5.91 Å². The van der Waals surface area contributed by atoms with Crippen LogP contribution >= 0.6 is 11.3 Å². The first-order valence-corrected chi connectivity index (χ1v) is 3.55. The molecule has 0 aliphatic rings. The molecular formula is C5H5N3O2S. The van der Waals surface area contributed by atoms with Crippen molar-refractivity contribution in [1.29, 1.82) is 0 Å². The number of nitrogens with two attached hydrogens (primary N) is 1. The SMILES string of the molecule is NC(=O)/C(=N\O)c1nccs1. The number of aromatic nitrogens is 1. The van der Waals surface area contributed by atoms with E-state index in [9.17, 15) is 4.79 Å². The zero-order valence-electron chi connectivity index (χ0n) is 5.39. The number of hydrogen-bond acceptors (Lipinski definition) is 5. The van der Waals surface area contributed by atoms with E-state index in [1.165, 1.54) is 17.5 Å². The Morgan fingerprint density at radius 2 is 2.55 bits per heavy atom. The molecule has 1 amide bonds. The van der Waals surface area contributed by atoms with Crippen molar-refractivity contribution >= 4 is 23.0 Å². The van der Waals surface area contributed by atoms with Gasteiger partial charge in [0.1, 0.15) is 0 Å². The molecule has 0 spiro atoms. The van der Waals surface area contributed by atoms with E-state index in [1.807, 2.05) is 0 Å². The predicted molar refractivity (Wildman–Crippen MR) is 39.6 cm³/mol. The Morgan fingerprint density at radius 3 is 2.91 bits per heavy atom. The van der Waals surface area contributed by atoms with E-state index in [0.717, 1.165) is 0 Å². The third kappa shape index (κ3) is 1.53. The molecule has 0 aliphatic carbocycles. The van der Waals surface area contributed by atoms with Crippen LogP contribution in [0.2, 0.25) is 0 Å². The van der Waals surface area contributed by atoms with Gasteiger partial charge in [0.2, 0.25) is 5.71 Å². The minimum absolute atomic E-state index is 0.208. The van der Waals surface area contributed by atoms with Crippen molar-refractivity contribution in [3.63, 3.8) is 0 Å². The Balaban J connectivity index is 2.99. The Hall–Kier alpha value is -1.43. The highest BCUT2D eigenvalue weighted by atomic mass is 32.1. The highest BCUT2D eigenvalue weighted by molar-refractivity contribution is 7.12. The summed E-state index contributed by atoms with van der Waals surface area (Å²) in [5, 5.41) is 13.0. The zero-order chi connectivity index (χ0) is 8.27. The van der Waals surface area contributed by atoms with E-state index in [1.54, 1.807) is 5.38 Å². The summed E-state index contributed by atoms with van der Waals surface area (Å²) >= 11 is 1.18. The van der Waals surface area contributed by atoms with Crippen LogP contribution in [-0.2, 0) is 4.79 Å². The molecule has 58 valence electrons. The highest BCUT2D eigenvalue weighted by Gasteiger charge is 2.12. The first-order valence-electron chi connectivity index (χ1n) is 2.67. The van der Waals surface area contributed by atoms with Crippen molar-refractivity contribution in [3.05, 3.63) is 16.6 Å². The molecule has 0 aliphatic heterocycles. The average Bonchev–Trinajstić information content (AvgIpc) is 2.40. The highest BCUT2D eigenvalue weighted by Crippen LogP contribution is 2.04. The topological polar surface area (TPSA) is 88.6 Å². The standard InChI is InChI=1S/C5H5N3O2S/c6-4(9)3(8-10)5-7-1-2-11-5/h1-2,10H,(H2,6,9)/b8-3+. The van der Waals surface area contributed by atoms with Crippen molar-refractivity contribution in [1.82, 2.24) is 4.98 Å². The minimum Gasteiger partial charge on any atom is -0.410 e. The summed E-state index contributed by atoms with van der Waals surface area (Å²) in [6, 6.07) is 0. The summed E-state index contributed by atoms with van der Waals surface area (Å²) in [5.41, 5.74) is 4.67. The van der Waals surface area contributed by atoms with Crippen molar-refractivity contribution < 1.29 is 10.0 Å². The number of rotatable bonds is 2. The van der Waals surface area contributed by atoms with Gasteiger partial charge in [0.15, 0.2) is 5.01 Å². The number of hydrogen-bond donors (Lipinski definition) is 2. The van der Waals surface area contributed by atoms with Crippen LogP contribution in [-0.4, -0.2) is 21.8 Å². The van der Waals surface area contributed by atoms with Crippen LogP contribution in [0.25, 0.3) is 0 Å². The number of thiazole rings is 1. The normalized spacial score (nSPS) is 11.5. The van der Waals surface area contributed by atoms with E-state index in [4.69, 9.17) is 10.9 Å². The fourth-order valence-corrected chi connectivity index (χ4v) is 1.16. The molecule has 0 atom stereocenters. The van der Waals surface area contributed by atoms with Crippen molar-refractivity contribution in [2.75, 3.05) is 0 Å². The third-order valence-corrected chi connectivity index (χ3v) is 1.75. The fraction of sp³-hybridized carbons (Fsp3) is 0. The van der Waals surface area contributed by atoms with Crippen LogP contribution in [0.5, 0.6) is 0 Å².